The van der Waals surface area contributed by atoms with Crippen molar-refractivity contribution in [3.05, 3.63) is 107 Å². The molecule has 14 heteroatoms. The van der Waals surface area contributed by atoms with E-state index in [0.29, 0.717) is 44.7 Å². The summed E-state index contributed by atoms with van der Waals surface area (Å²) in [7, 11) is 0. The number of carbonyl (C=O) groups excluding carboxylic acids is 6. The standard InChI is InChI=1S/C50H63N5O9/c1-7-36-19-14-20-39(29-36)49(61)63-33-55(44(56)31-54-23-25-62-26-24-54)43(22-21-37-15-10-8-11-16-37)48(60)53-41(28-35(4)5)46(58)52-42(30-38-17-12-9-13-18-38)47(59)51-40(27-34(2)3)45(57)50(6)32-64-50/h1,8-20,29,34-35,40-43H,21-28,30-33H2,2-6H3,(H,51,59)(H,52,58)(H,53,60)/t40-,41-,42-,43-,50+/m0/s1. The summed E-state index contributed by atoms with van der Waals surface area (Å²) < 4.78 is 16.7. The van der Waals surface area contributed by atoms with Crippen LogP contribution < -0.4 is 16.0 Å². The number of benzene rings is 3. The quantitative estimate of drug-likeness (QED) is 0.0545. The van der Waals surface area contributed by atoms with Crippen molar-refractivity contribution in [2.75, 3.05) is 46.2 Å². The summed E-state index contributed by atoms with van der Waals surface area (Å²) in [4.78, 5) is 88.0. The maximum atomic E-state index is 14.8. The average molecular weight is 878 g/mol. The number of nitrogens with zero attached hydrogens (tertiary/aromatic N) is 2. The lowest BCUT2D eigenvalue weighted by atomic mass is 9.93. The number of morpholine rings is 1. The van der Waals surface area contributed by atoms with Crippen LogP contribution >= 0.6 is 0 Å². The fraction of sp³-hybridized carbons (Fsp3) is 0.480. The molecule has 0 radical (unpaired) electrons. The third-order valence-corrected chi connectivity index (χ3v) is 11.3. The minimum atomic E-state index is -1.20. The molecule has 64 heavy (non-hydrogen) atoms. The van der Waals surface area contributed by atoms with Crippen molar-refractivity contribution >= 4 is 35.4 Å². The number of epoxide rings is 1. The molecule has 0 bridgehead atoms. The lowest BCUT2D eigenvalue weighted by Gasteiger charge is -2.34. The summed E-state index contributed by atoms with van der Waals surface area (Å²) in [6.45, 7) is 10.9. The molecule has 0 spiro atoms. The molecule has 0 aliphatic carbocycles. The topological polar surface area (TPSA) is 176 Å². The molecule has 0 saturated carbocycles. The Morgan fingerprint density at radius 1 is 0.781 bits per heavy atom. The average Bonchev–Trinajstić information content (AvgIpc) is 4.04. The van der Waals surface area contributed by atoms with E-state index in [0.717, 1.165) is 11.1 Å². The molecule has 0 unspecified atom stereocenters. The molecule has 5 rings (SSSR count). The summed E-state index contributed by atoms with van der Waals surface area (Å²) in [5.41, 5.74) is 1.36. The van der Waals surface area contributed by atoms with Crippen LogP contribution in [0.4, 0.5) is 0 Å². The SMILES string of the molecule is C#Cc1cccc(C(=O)OCN(C(=O)CN2CCOCC2)[C@@H](CCc2ccccc2)C(=O)N[C@@H](CC(C)C)C(=O)N[C@@H](Cc2ccccc2)C(=O)N[C@@H](CC(C)C)C(=O)[C@@]2(C)CO2)c1. The van der Waals surface area contributed by atoms with Crippen molar-refractivity contribution in [2.45, 2.75) is 96.5 Å². The number of amides is 4. The van der Waals surface area contributed by atoms with Gasteiger partial charge >= 0.3 is 5.97 Å². The van der Waals surface area contributed by atoms with E-state index in [2.05, 4.69) is 21.9 Å². The maximum absolute atomic E-state index is 14.8. The van der Waals surface area contributed by atoms with Crippen molar-refractivity contribution in [3.8, 4) is 12.3 Å². The zero-order valence-electron chi connectivity index (χ0n) is 37.7. The molecule has 5 atom stereocenters. The van der Waals surface area contributed by atoms with Gasteiger partial charge in [0.15, 0.2) is 12.5 Å². The lowest BCUT2D eigenvalue weighted by Crippen LogP contribution is -2.60. The molecular weight excluding hydrogens is 815 g/mol. The van der Waals surface area contributed by atoms with Crippen molar-refractivity contribution in [3.63, 3.8) is 0 Å². The third kappa shape index (κ3) is 14.9. The van der Waals surface area contributed by atoms with Gasteiger partial charge in [0.25, 0.3) is 0 Å². The van der Waals surface area contributed by atoms with Gasteiger partial charge in [-0.15, -0.1) is 6.42 Å². The van der Waals surface area contributed by atoms with Gasteiger partial charge in [-0.1, -0.05) is 100 Å². The second-order valence-electron chi connectivity index (χ2n) is 17.6. The van der Waals surface area contributed by atoms with Gasteiger partial charge in [0.05, 0.1) is 38.0 Å². The molecule has 2 fully saturated rings. The molecule has 342 valence electrons. The van der Waals surface area contributed by atoms with Crippen molar-refractivity contribution in [1.82, 2.24) is 25.8 Å². The Hall–Kier alpha value is -5.88. The first kappa shape index (κ1) is 49.1. The molecule has 4 amide bonds. The Labute approximate surface area is 377 Å². The Morgan fingerprint density at radius 2 is 1.36 bits per heavy atom. The van der Waals surface area contributed by atoms with Crippen molar-refractivity contribution in [2.24, 2.45) is 11.8 Å². The van der Waals surface area contributed by atoms with Crippen LogP contribution in [0, 0.1) is 24.2 Å². The minimum Gasteiger partial charge on any atom is -0.441 e. The summed E-state index contributed by atoms with van der Waals surface area (Å²) >= 11 is 0. The number of nitrogens with one attached hydrogen (secondary N) is 3. The monoisotopic (exact) mass is 877 g/mol. The van der Waals surface area contributed by atoms with E-state index in [1.54, 1.807) is 25.1 Å². The number of ketones is 1. The zero-order valence-corrected chi connectivity index (χ0v) is 37.7. The number of hydrogen-bond acceptors (Lipinski definition) is 10. The Balaban J connectivity index is 1.43. The normalized spacial score (nSPS) is 17.8. The smallest absolute Gasteiger partial charge is 0.339 e. The molecule has 3 N–H and O–H groups in total. The molecular formula is C50H63N5O9. The van der Waals surface area contributed by atoms with Gasteiger partial charge in [-0.05, 0) is 73.8 Å². The van der Waals surface area contributed by atoms with E-state index in [1.807, 2.05) is 93.3 Å². The van der Waals surface area contributed by atoms with Crippen molar-refractivity contribution in [1.29, 1.82) is 0 Å². The Kier molecular flexibility index (Phi) is 18.2. The molecule has 2 heterocycles. The molecule has 2 aliphatic rings. The molecule has 0 aromatic heterocycles. The molecule has 14 nitrogen and oxygen atoms in total. The maximum Gasteiger partial charge on any atom is 0.339 e. The summed E-state index contributed by atoms with van der Waals surface area (Å²) in [5.74, 6) is -0.749. The van der Waals surface area contributed by atoms with Crippen LogP contribution in [0.2, 0.25) is 0 Å². The summed E-state index contributed by atoms with van der Waals surface area (Å²) in [5, 5.41) is 8.76. The minimum absolute atomic E-state index is 0.0691. The van der Waals surface area contributed by atoms with E-state index in [1.165, 1.54) is 11.0 Å². The lowest BCUT2D eigenvalue weighted by molar-refractivity contribution is -0.147. The zero-order chi connectivity index (χ0) is 46.2. The van der Waals surface area contributed by atoms with Crippen molar-refractivity contribution < 1.29 is 43.0 Å². The number of carbonyl (C=O) groups is 6. The number of ether oxygens (including phenoxy) is 3. The predicted molar refractivity (Wildman–Crippen MR) is 242 cm³/mol. The molecule has 2 saturated heterocycles. The van der Waals surface area contributed by atoms with Crippen LogP contribution in [-0.4, -0.2) is 121 Å². The predicted octanol–water partition coefficient (Wildman–Crippen LogP) is 4.09. The first-order valence-electron chi connectivity index (χ1n) is 22.2. The molecule has 3 aromatic carbocycles. The van der Waals surface area contributed by atoms with Crippen LogP contribution in [0.1, 0.15) is 80.9 Å². The van der Waals surface area contributed by atoms with Gasteiger partial charge in [0.1, 0.15) is 23.7 Å². The number of esters is 1. The second kappa shape index (κ2) is 23.7. The van der Waals surface area contributed by atoms with E-state index >= 15 is 0 Å². The van der Waals surface area contributed by atoms with Crippen LogP contribution in [0.3, 0.4) is 0 Å². The fourth-order valence-corrected chi connectivity index (χ4v) is 7.60. The van der Waals surface area contributed by atoms with Gasteiger partial charge < -0.3 is 30.2 Å². The Morgan fingerprint density at radius 3 is 1.97 bits per heavy atom. The third-order valence-electron chi connectivity index (χ3n) is 11.3. The van der Waals surface area contributed by atoms with Crippen LogP contribution in [0.5, 0.6) is 0 Å². The molecule has 2 aliphatic heterocycles. The van der Waals surface area contributed by atoms with E-state index < -0.39 is 66.1 Å². The van der Waals surface area contributed by atoms with Gasteiger partial charge in [0.2, 0.25) is 23.6 Å². The summed E-state index contributed by atoms with van der Waals surface area (Å²) in [6.07, 6.45) is 6.74. The number of Topliss-reactive ketones (excluding diaryl/α,β-unsaturated/α-hetero) is 1. The van der Waals surface area contributed by atoms with E-state index in [4.69, 9.17) is 20.6 Å². The first-order chi connectivity index (χ1) is 30.6. The Bertz CT molecular complexity index is 2090. The van der Waals surface area contributed by atoms with Gasteiger partial charge in [-0.25, -0.2) is 4.79 Å². The highest BCUT2D eigenvalue weighted by Gasteiger charge is 2.50. The summed E-state index contributed by atoms with van der Waals surface area (Å²) in [6, 6.07) is 20.7. The largest absolute Gasteiger partial charge is 0.441 e. The highest BCUT2D eigenvalue weighted by Crippen LogP contribution is 2.30. The van der Waals surface area contributed by atoms with Gasteiger partial charge in [-0.3, -0.25) is 33.8 Å². The molecule has 3 aromatic rings. The van der Waals surface area contributed by atoms with Crippen LogP contribution in [0.15, 0.2) is 84.9 Å². The highest BCUT2D eigenvalue weighted by molar-refractivity contribution is 5.99. The highest BCUT2D eigenvalue weighted by atomic mass is 16.6. The number of hydrogen-bond donors (Lipinski definition) is 3. The number of terminal acetylenes is 1. The number of aryl methyl sites for hydroxylation is 1. The first-order valence-corrected chi connectivity index (χ1v) is 22.2. The van der Waals surface area contributed by atoms with E-state index in [-0.39, 0.29) is 55.6 Å². The van der Waals surface area contributed by atoms with Crippen LogP contribution in [0.25, 0.3) is 0 Å². The second-order valence-corrected chi connectivity index (χ2v) is 17.6. The number of rotatable bonds is 23. The fourth-order valence-electron chi connectivity index (χ4n) is 7.60. The van der Waals surface area contributed by atoms with Crippen LogP contribution in [-0.2, 0) is 51.0 Å². The van der Waals surface area contributed by atoms with E-state index in [9.17, 15) is 28.8 Å². The van der Waals surface area contributed by atoms with Gasteiger partial charge in [0, 0.05) is 25.1 Å². The van der Waals surface area contributed by atoms with Gasteiger partial charge in [-0.2, -0.15) is 0 Å².